The largest absolute Gasteiger partial charge is 0.305 e. The lowest BCUT2D eigenvalue weighted by molar-refractivity contribution is -0.121. The zero-order chi connectivity index (χ0) is 18.6. The van der Waals surface area contributed by atoms with Crippen LogP contribution in [0.5, 0.6) is 0 Å². The molecule has 1 amide bonds. The van der Waals surface area contributed by atoms with Crippen molar-refractivity contribution in [3.8, 4) is 0 Å². The van der Waals surface area contributed by atoms with Crippen LogP contribution >= 0.6 is 0 Å². The highest BCUT2D eigenvalue weighted by atomic mass is 16.2. The van der Waals surface area contributed by atoms with Crippen LogP contribution in [0.15, 0.2) is 77.0 Å². The van der Waals surface area contributed by atoms with Crippen molar-refractivity contribution in [1.29, 1.82) is 0 Å². The van der Waals surface area contributed by atoms with Gasteiger partial charge in [-0.3, -0.25) is 4.79 Å². The highest BCUT2D eigenvalue weighted by molar-refractivity contribution is 6.11. The van der Waals surface area contributed by atoms with Crippen LogP contribution in [0.1, 0.15) is 27.8 Å². The minimum absolute atomic E-state index is 0.0293. The number of azo groups is 1. The molecule has 2 heterocycles. The molecule has 0 aliphatic carbocycles. The summed E-state index contributed by atoms with van der Waals surface area (Å²) in [6.07, 6.45) is 0. The van der Waals surface area contributed by atoms with Gasteiger partial charge in [-0.15, -0.1) is 0 Å². The van der Waals surface area contributed by atoms with Gasteiger partial charge in [-0.2, -0.15) is 10.2 Å². The molecule has 0 aromatic heterocycles. The molecule has 5 rings (SSSR count). The van der Waals surface area contributed by atoms with Crippen LogP contribution in [0, 0.1) is 13.8 Å². The molecule has 2 aliphatic heterocycles. The number of hydrogen-bond acceptors (Lipinski definition) is 3. The smallest absolute Gasteiger partial charge is 0.266 e. The molecule has 0 saturated carbocycles. The van der Waals surface area contributed by atoms with Crippen LogP contribution in [0.4, 0.5) is 11.4 Å². The van der Waals surface area contributed by atoms with Crippen molar-refractivity contribution in [3.05, 3.63) is 94.5 Å². The maximum atomic E-state index is 13.7. The zero-order valence-corrected chi connectivity index (χ0v) is 15.3. The molecule has 0 radical (unpaired) electrons. The lowest BCUT2D eigenvalue weighted by atomic mass is 9.83. The van der Waals surface area contributed by atoms with Crippen LogP contribution in [-0.4, -0.2) is 5.91 Å². The van der Waals surface area contributed by atoms with E-state index < -0.39 is 5.54 Å². The SMILES string of the molecule is Cc1cc2c(cc1C)C1(N=N2)C(=O)N(Cc2ccccc2)c2ccccc21. The third kappa shape index (κ3) is 2.13. The molecular weight excluding hydrogens is 334 g/mol. The van der Waals surface area contributed by atoms with E-state index in [1.165, 1.54) is 0 Å². The van der Waals surface area contributed by atoms with Crippen molar-refractivity contribution >= 4 is 17.3 Å². The van der Waals surface area contributed by atoms with Gasteiger partial charge >= 0.3 is 0 Å². The zero-order valence-electron chi connectivity index (χ0n) is 15.3. The topological polar surface area (TPSA) is 45.0 Å². The Morgan fingerprint density at radius 2 is 1.59 bits per heavy atom. The van der Waals surface area contributed by atoms with Gasteiger partial charge in [0.05, 0.1) is 17.9 Å². The first-order valence-corrected chi connectivity index (χ1v) is 9.11. The van der Waals surface area contributed by atoms with E-state index >= 15 is 0 Å². The first-order chi connectivity index (χ1) is 13.1. The monoisotopic (exact) mass is 353 g/mol. The molecule has 4 heteroatoms. The van der Waals surface area contributed by atoms with E-state index in [0.717, 1.165) is 39.2 Å². The number of para-hydroxylation sites is 1. The summed E-state index contributed by atoms with van der Waals surface area (Å²) in [7, 11) is 0. The Hall–Kier alpha value is -3.27. The van der Waals surface area contributed by atoms with E-state index in [9.17, 15) is 4.79 Å². The van der Waals surface area contributed by atoms with Crippen LogP contribution < -0.4 is 4.90 Å². The molecular formula is C23H19N3O. The van der Waals surface area contributed by atoms with Gasteiger partial charge < -0.3 is 4.90 Å². The van der Waals surface area contributed by atoms with Crippen molar-refractivity contribution < 1.29 is 4.79 Å². The van der Waals surface area contributed by atoms with Gasteiger partial charge in [0.1, 0.15) is 0 Å². The Kier molecular flexibility index (Phi) is 3.31. The highest BCUT2D eigenvalue weighted by Gasteiger charge is 2.56. The van der Waals surface area contributed by atoms with E-state index in [0.29, 0.717) is 6.54 Å². The molecule has 1 spiro atoms. The number of hydrogen-bond donors (Lipinski definition) is 0. The molecule has 0 saturated heterocycles. The minimum atomic E-state index is -1.06. The molecule has 2 aliphatic rings. The number of anilines is 1. The number of carbonyl (C=O) groups is 1. The summed E-state index contributed by atoms with van der Waals surface area (Å²) in [5, 5.41) is 8.97. The normalized spacial score (nSPS) is 19.6. The summed E-state index contributed by atoms with van der Waals surface area (Å²) in [6, 6.07) is 22.1. The second kappa shape index (κ2) is 5.61. The molecule has 27 heavy (non-hydrogen) atoms. The van der Waals surface area contributed by atoms with Crippen molar-refractivity contribution in [2.45, 2.75) is 25.9 Å². The third-order valence-electron chi connectivity index (χ3n) is 5.63. The summed E-state index contributed by atoms with van der Waals surface area (Å²) in [6.45, 7) is 4.64. The summed E-state index contributed by atoms with van der Waals surface area (Å²) in [5.41, 5.74) is 5.85. The molecule has 1 unspecified atom stereocenters. The van der Waals surface area contributed by atoms with Gasteiger partial charge in [-0.1, -0.05) is 54.6 Å². The fourth-order valence-corrected chi connectivity index (χ4v) is 4.07. The number of aryl methyl sites for hydroxylation is 2. The van der Waals surface area contributed by atoms with Crippen LogP contribution in [0.2, 0.25) is 0 Å². The van der Waals surface area contributed by atoms with Crippen molar-refractivity contribution in [3.63, 3.8) is 0 Å². The van der Waals surface area contributed by atoms with Gasteiger partial charge in [0.15, 0.2) is 0 Å². The van der Waals surface area contributed by atoms with E-state index in [4.69, 9.17) is 0 Å². The Morgan fingerprint density at radius 3 is 2.41 bits per heavy atom. The van der Waals surface area contributed by atoms with E-state index in [1.54, 1.807) is 0 Å². The average Bonchev–Trinajstić information content (AvgIpc) is 3.16. The molecule has 3 aromatic rings. The Labute approximate surface area is 158 Å². The van der Waals surface area contributed by atoms with Gasteiger partial charge in [-0.05, 0) is 42.7 Å². The number of carbonyl (C=O) groups excluding carboxylic acids is 1. The van der Waals surface area contributed by atoms with Crippen molar-refractivity contribution in [2.24, 2.45) is 10.2 Å². The van der Waals surface area contributed by atoms with Gasteiger partial charge in [0.25, 0.3) is 5.91 Å². The number of fused-ring (bicyclic) bond motifs is 4. The number of amides is 1. The van der Waals surface area contributed by atoms with Gasteiger partial charge in [0.2, 0.25) is 5.54 Å². The van der Waals surface area contributed by atoms with E-state index in [-0.39, 0.29) is 5.91 Å². The summed E-state index contributed by atoms with van der Waals surface area (Å²) >= 11 is 0. The van der Waals surface area contributed by atoms with E-state index in [2.05, 4.69) is 30.1 Å². The lowest BCUT2D eigenvalue weighted by Crippen LogP contribution is -2.38. The summed E-state index contributed by atoms with van der Waals surface area (Å²) in [4.78, 5) is 15.6. The molecule has 4 nitrogen and oxygen atoms in total. The standard InChI is InChI=1S/C23H19N3O/c1-15-12-19-20(13-16(15)2)24-25-23(19)18-10-6-7-11-21(18)26(22(23)27)14-17-8-4-3-5-9-17/h3-13H,14H2,1-2H3. The molecule has 132 valence electrons. The second-order valence-corrected chi connectivity index (χ2v) is 7.26. The summed E-state index contributed by atoms with van der Waals surface area (Å²) < 4.78 is 0. The maximum absolute atomic E-state index is 13.7. The molecule has 0 bridgehead atoms. The Balaban J connectivity index is 1.70. The molecule has 1 atom stereocenters. The predicted octanol–water partition coefficient (Wildman–Crippen LogP) is 5.19. The lowest BCUT2D eigenvalue weighted by Gasteiger charge is -2.22. The number of rotatable bonds is 2. The third-order valence-corrected chi connectivity index (χ3v) is 5.63. The Morgan fingerprint density at radius 1 is 0.889 bits per heavy atom. The van der Waals surface area contributed by atoms with Crippen molar-refractivity contribution in [1.82, 2.24) is 0 Å². The number of nitrogens with zero attached hydrogens (tertiary/aromatic N) is 3. The van der Waals surface area contributed by atoms with Crippen LogP contribution in [-0.2, 0) is 16.9 Å². The molecule has 3 aromatic carbocycles. The Bertz CT molecular complexity index is 1100. The summed E-state index contributed by atoms with van der Waals surface area (Å²) in [5.74, 6) is -0.0293. The molecule has 0 N–H and O–H groups in total. The first kappa shape index (κ1) is 15.9. The van der Waals surface area contributed by atoms with E-state index in [1.807, 2.05) is 65.6 Å². The average molecular weight is 353 g/mol. The fraction of sp³-hybridized carbons (Fsp3) is 0.174. The molecule has 0 fully saturated rings. The van der Waals surface area contributed by atoms with Crippen LogP contribution in [0.3, 0.4) is 0 Å². The fourth-order valence-electron chi connectivity index (χ4n) is 4.07. The highest BCUT2D eigenvalue weighted by Crippen LogP contribution is 2.54. The quantitative estimate of drug-likeness (QED) is 0.625. The van der Waals surface area contributed by atoms with Gasteiger partial charge in [-0.25, -0.2) is 0 Å². The van der Waals surface area contributed by atoms with Crippen molar-refractivity contribution in [2.75, 3.05) is 4.90 Å². The minimum Gasteiger partial charge on any atom is -0.305 e. The van der Waals surface area contributed by atoms with Gasteiger partial charge in [0, 0.05) is 11.1 Å². The van der Waals surface area contributed by atoms with Crippen LogP contribution in [0.25, 0.3) is 0 Å². The first-order valence-electron chi connectivity index (χ1n) is 9.11. The maximum Gasteiger partial charge on any atom is 0.266 e. The predicted molar refractivity (Wildman–Crippen MR) is 105 cm³/mol. The number of benzene rings is 3. The second-order valence-electron chi connectivity index (χ2n) is 7.26.